The molecule has 116 valence electrons. The molecule has 1 saturated carbocycles. The maximum absolute atomic E-state index is 12.1. The molecule has 0 bridgehead atoms. The Labute approximate surface area is 128 Å². The van der Waals surface area contributed by atoms with Crippen LogP contribution in [0.3, 0.4) is 0 Å². The molecular formula is C13H15BrF3N3O. The number of halogens is 4. The number of amides is 1. The van der Waals surface area contributed by atoms with Gasteiger partial charge in [-0.25, -0.2) is 0 Å². The van der Waals surface area contributed by atoms with E-state index >= 15 is 0 Å². The molecule has 8 heteroatoms. The molecule has 1 unspecified atom stereocenters. The van der Waals surface area contributed by atoms with Crippen LogP contribution < -0.4 is 10.6 Å². The lowest BCUT2D eigenvalue weighted by molar-refractivity contribution is -0.139. The van der Waals surface area contributed by atoms with E-state index < -0.39 is 24.7 Å². The average molecular weight is 366 g/mol. The van der Waals surface area contributed by atoms with Crippen LogP contribution in [0.5, 0.6) is 0 Å². The second kappa shape index (κ2) is 6.74. The van der Waals surface area contributed by atoms with Crippen LogP contribution in [0.4, 0.5) is 13.2 Å². The summed E-state index contributed by atoms with van der Waals surface area (Å²) in [6.07, 6.45) is 0.604. The summed E-state index contributed by atoms with van der Waals surface area (Å²) in [7, 11) is 0. The molecule has 1 aromatic heterocycles. The Balaban J connectivity index is 1.89. The maximum atomic E-state index is 12.1. The number of pyridine rings is 1. The first-order valence-electron chi connectivity index (χ1n) is 6.52. The predicted molar refractivity (Wildman–Crippen MR) is 74.4 cm³/mol. The molecule has 2 N–H and O–H groups in total. The zero-order valence-electron chi connectivity index (χ0n) is 11.1. The zero-order chi connectivity index (χ0) is 15.5. The maximum Gasteiger partial charge on any atom is 0.405 e. The van der Waals surface area contributed by atoms with Crippen molar-refractivity contribution in [2.45, 2.75) is 31.6 Å². The van der Waals surface area contributed by atoms with Gasteiger partial charge in [0.2, 0.25) is 5.91 Å². The Morgan fingerprint density at radius 1 is 1.43 bits per heavy atom. The summed E-state index contributed by atoms with van der Waals surface area (Å²) in [5, 5.41) is 4.96. The van der Waals surface area contributed by atoms with E-state index in [1.54, 1.807) is 12.4 Å². The molecule has 0 spiro atoms. The van der Waals surface area contributed by atoms with E-state index in [4.69, 9.17) is 0 Å². The van der Waals surface area contributed by atoms with E-state index in [-0.39, 0.29) is 5.92 Å². The zero-order valence-corrected chi connectivity index (χ0v) is 12.7. The molecule has 1 heterocycles. The van der Waals surface area contributed by atoms with E-state index in [0.29, 0.717) is 6.54 Å². The van der Waals surface area contributed by atoms with E-state index in [1.807, 2.05) is 11.4 Å². The third-order valence-corrected chi connectivity index (χ3v) is 3.56. The minimum atomic E-state index is -4.39. The highest BCUT2D eigenvalue weighted by Gasteiger charge is 2.37. The van der Waals surface area contributed by atoms with Crippen LogP contribution in [0.2, 0.25) is 0 Å². The fraction of sp³-hybridized carbons (Fsp3) is 0.538. The number of hydrogen-bond donors (Lipinski definition) is 2. The molecule has 1 aliphatic rings. The van der Waals surface area contributed by atoms with Crippen molar-refractivity contribution in [3.05, 3.63) is 28.5 Å². The molecule has 4 nitrogen and oxygen atoms in total. The number of alkyl halides is 3. The number of carbonyl (C=O) groups excluding carboxylic acids is 1. The van der Waals surface area contributed by atoms with E-state index in [0.717, 1.165) is 22.9 Å². The lowest BCUT2D eigenvalue weighted by atomic mass is 10.1. The average Bonchev–Trinajstić information content (AvgIpc) is 3.20. The Hall–Kier alpha value is -1.15. The lowest BCUT2D eigenvalue weighted by Gasteiger charge is -2.18. The molecule has 1 aromatic rings. The fourth-order valence-electron chi connectivity index (χ4n) is 1.98. The Morgan fingerprint density at radius 2 is 2.14 bits per heavy atom. The Morgan fingerprint density at radius 3 is 2.71 bits per heavy atom. The number of carbonyl (C=O) groups is 1. The molecule has 21 heavy (non-hydrogen) atoms. The van der Waals surface area contributed by atoms with Crippen LogP contribution in [0.1, 0.15) is 18.4 Å². The van der Waals surface area contributed by atoms with Gasteiger partial charge in [-0.15, -0.1) is 0 Å². The molecule has 1 atom stereocenters. The first-order valence-corrected chi connectivity index (χ1v) is 7.32. The minimum Gasteiger partial charge on any atom is -0.346 e. The molecule has 1 aliphatic carbocycles. The molecule has 0 aromatic carbocycles. The van der Waals surface area contributed by atoms with Crippen LogP contribution in [0.15, 0.2) is 22.9 Å². The van der Waals surface area contributed by atoms with Crippen LogP contribution in [-0.4, -0.2) is 29.7 Å². The van der Waals surface area contributed by atoms with Crippen molar-refractivity contribution in [1.82, 2.24) is 15.6 Å². The first-order chi connectivity index (χ1) is 9.85. The second-order valence-electron chi connectivity index (χ2n) is 5.04. The molecule has 1 fully saturated rings. The van der Waals surface area contributed by atoms with Crippen molar-refractivity contribution in [3.63, 3.8) is 0 Å². The second-order valence-corrected chi connectivity index (χ2v) is 5.96. The van der Waals surface area contributed by atoms with Crippen LogP contribution >= 0.6 is 15.9 Å². The highest BCUT2D eigenvalue weighted by atomic mass is 79.9. The van der Waals surface area contributed by atoms with Gasteiger partial charge in [0.25, 0.3) is 0 Å². The largest absolute Gasteiger partial charge is 0.405 e. The van der Waals surface area contributed by atoms with Gasteiger partial charge in [0.05, 0.1) is 6.04 Å². The summed E-state index contributed by atoms with van der Waals surface area (Å²) in [5.74, 6) is -0.490. The van der Waals surface area contributed by atoms with Crippen LogP contribution in [0, 0.1) is 5.92 Å². The quantitative estimate of drug-likeness (QED) is 0.813. The summed E-state index contributed by atoms with van der Waals surface area (Å²) in [5.41, 5.74) is 0.860. The number of nitrogens with zero attached hydrogens (tertiary/aromatic N) is 1. The predicted octanol–water partition coefficient (Wildman–Crippen LogP) is 2.39. The van der Waals surface area contributed by atoms with Crippen molar-refractivity contribution in [3.8, 4) is 0 Å². The molecule has 0 saturated heterocycles. The third kappa shape index (κ3) is 5.62. The Bertz CT molecular complexity index is 506. The van der Waals surface area contributed by atoms with Gasteiger partial charge in [0.1, 0.15) is 6.54 Å². The van der Waals surface area contributed by atoms with Crippen LogP contribution in [0.25, 0.3) is 0 Å². The number of hydrogen-bond acceptors (Lipinski definition) is 3. The monoisotopic (exact) mass is 365 g/mol. The van der Waals surface area contributed by atoms with Gasteiger partial charge in [0.15, 0.2) is 0 Å². The summed E-state index contributed by atoms with van der Waals surface area (Å²) in [6, 6.07) is 1.25. The van der Waals surface area contributed by atoms with Gasteiger partial charge in [0, 0.05) is 23.4 Å². The highest BCUT2D eigenvalue weighted by Crippen LogP contribution is 2.33. The van der Waals surface area contributed by atoms with E-state index in [9.17, 15) is 18.0 Å². The highest BCUT2D eigenvalue weighted by molar-refractivity contribution is 9.10. The normalized spacial score (nSPS) is 16.6. The topological polar surface area (TPSA) is 54.0 Å². The summed E-state index contributed by atoms with van der Waals surface area (Å²) in [4.78, 5) is 15.9. The van der Waals surface area contributed by atoms with Gasteiger partial charge in [-0.2, -0.15) is 13.2 Å². The minimum absolute atomic E-state index is 0.110. The van der Waals surface area contributed by atoms with Crippen molar-refractivity contribution >= 4 is 21.8 Å². The van der Waals surface area contributed by atoms with Crippen molar-refractivity contribution in [2.24, 2.45) is 5.92 Å². The number of nitrogens with one attached hydrogen (secondary N) is 2. The van der Waals surface area contributed by atoms with Crippen molar-refractivity contribution in [2.75, 3.05) is 6.54 Å². The molecule has 0 aliphatic heterocycles. The van der Waals surface area contributed by atoms with Gasteiger partial charge in [-0.05, 0) is 46.3 Å². The molecule has 0 radical (unpaired) electrons. The summed E-state index contributed by atoms with van der Waals surface area (Å²) < 4.78 is 37.2. The van der Waals surface area contributed by atoms with Gasteiger partial charge in [-0.3, -0.25) is 9.78 Å². The fourth-order valence-corrected chi connectivity index (χ4v) is 2.39. The van der Waals surface area contributed by atoms with E-state index in [2.05, 4.69) is 26.2 Å². The molecule has 1 amide bonds. The number of aromatic nitrogens is 1. The van der Waals surface area contributed by atoms with Crippen molar-refractivity contribution < 1.29 is 18.0 Å². The standard InChI is InChI=1S/C13H15BrF3N3O/c14-10-3-8(4-18-6-10)5-19-11(9-1-2-9)12(21)20-7-13(15,16)17/h3-4,6,9,11,19H,1-2,5,7H2,(H,20,21). The number of rotatable bonds is 6. The van der Waals surface area contributed by atoms with Crippen molar-refractivity contribution in [1.29, 1.82) is 0 Å². The molecular weight excluding hydrogens is 351 g/mol. The third-order valence-electron chi connectivity index (χ3n) is 3.13. The van der Waals surface area contributed by atoms with Gasteiger partial charge >= 0.3 is 6.18 Å². The van der Waals surface area contributed by atoms with Gasteiger partial charge < -0.3 is 10.6 Å². The lowest BCUT2D eigenvalue weighted by Crippen LogP contribution is -2.47. The Kier molecular flexibility index (Phi) is 5.21. The molecule has 2 rings (SSSR count). The first kappa shape index (κ1) is 16.2. The SMILES string of the molecule is O=C(NCC(F)(F)F)C(NCc1cncc(Br)c1)C1CC1. The smallest absolute Gasteiger partial charge is 0.346 e. The van der Waals surface area contributed by atoms with E-state index in [1.165, 1.54) is 0 Å². The van der Waals surface area contributed by atoms with Gasteiger partial charge in [-0.1, -0.05) is 0 Å². The summed E-state index contributed by atoms with van der Waals surface area (Å²) in [6.45, 7) is -0.914. The van der Waals surface area contributed by atoms with Crippen LogP contribution in [-0.2, 0) is 11.3 Å². The summed E-state index contributed by atoms with van der Waals surface area (Å²) >= 11 is 3.29.